The van der Waals surface area contributed by atoms with Crippen LogP contribution in [0.3, 0.4) is 0 Å². The van der Waals surface area contributed by atoms with E-state index < -0.39 is 0 Å². The van der Waals surface area contributed by atoms with E-state index in [4.69, 9.17) is 10.5 Å². The topological polar surface area (TPSA) is 50.8 Å². The van der Waals surface area contributed by atoms with E-state index in [0.717, 1.165) is 39.3 Å². The normalized spacial score (nSPS) is 21.2. The Morgan fingerprint density at radius 3 is 2.78 bits per heavy atom. The zero-order valence-corrected chi connectivity index (χ0v) is 13.3. The van der Waals surface area contributed by atoms with Crippen molar-refractivity contribution in [3.05, 3.63) is 11.6 Å². The van der Waals surface area contributed by atoms with Gasteiger partial charge in [-0.05, 0) is 32.1 Å². The standard InChI is InChI=1S/C13H23N3O.HI/c14-13(16-8-10-17-11-9-16)15-7-6-12-4-2-1-3-5-12;/h4H,1-3,5-11H2,(H2,14,15);1H. The lowest BCUT2D eigenvalue weighted by atomic mass is 9.97. The lowest BCUT2D eigenvalue weighted by Crippen LogP contribution is -2.44. The fourth-order valence-electron chi connectivity index (χ4n) is 2.34. The average molecular weight is 365 g/mol. The summed E-state index contributed by atoms with van der Waals surface area (Å²) in [5.41, 5.74) is 7.53. The van der Waals surface area contributed by atoms with E-state index in [0.29, 0.717) is 5.96 Å². The van der Waals surface area contributed by atoms with Crippen molar-refractivity contribution in [2.24, 2.45) is 10.7 Å². The minimum atomic E-state index is 0. The molecule has 2 aliphatic rings. The van der Waals surface area contributed by atoms with Crippen LogP contribution in [-0.2, 0) is 4.74 Å². The predicted octanol–water partition coefficient (Wildman–Crippen LogP) is 2.14. The highest BCUT2D eigenvalue weighted by Gasteiger charge is 2.11. The number of rotatable bonds is 3. The van der Waals surface area contributed by atoms with Gasteiger partial charge in [0.15, 0.2) is 5.96 Å². The van der Waals surface area contributed by atoms with Crippen LogP contribution in [-0.4, -0.2) is 43.7 Å². The average Bonchev–Trinajstić information content (AvgIpc) is 2.41. The van der Waals surface area contributed by atoms with Crippen LogP contribution < -0.4 is 5.73 Å². The van der Waals surface area contributed by atoms with Gasteiger partial charge in [0, 0.05) is 19.6 Å². The van der Waals surface area contributed by atoms with Crippen molar-refractivity contribution in [3.8, 4) is 0 Å². The molecule has 104 valence electrons. The van der Waals surface area contributed by atoms with Gasteiger partial charge in [0.1, 0.15) is 0 Å². The Balaban J connectivity index is 0.00000162. The molecule has 5 heteroatoms. The molecule has 18 heavy (non-hydrogen) atoms. The maximum absolute atomic E-state index is 5.96. The van der Waals surface area contributed by atoms with Crippen LogP contribution in [0.2, 0.25) is 0 Å². The van der Waals surface area contributed by atoms with Crippen LogP contribution in [0.5, 0.6) is 0 Å². The molecule has 1 heterocycles. The van der Waals surface area contributed by atoms with E-state index >= 15 is 0 Å². The third kappa shape index (κ3) is 5.14. The van der Waals surface area contributed by atoms with Crippen LogP contribution in [0.1, 0.15) is 32.1 Å². The first-order valence-corrected chi connectivity index (χ1v) is 6.67. The molecule has 0 spiro atoms. The predicted molar refractivity (Wildman–Crippen MR) is 85.5 cm³/mol. The van der Waals surface area contributed by atoms with Crippen LogP contribution in [0.4, 0.5) is 0 Å². The van der Waals surface area contributed by atoms with Crippen LogP contribution in [0.25, 0.3) is 0 Å². The van der Waals surface area contributed by atoms with Crippen molar-refractivity contribution in [2.75, 3.05) is 32.8 Å². The first-order valence-electron chi connectivity index (χ1n) is 6.67. The summed E-state index contributed by atoms with van der Waals surface area (Å²) in [6.45, 7) is 4.10. The van der Waals surface area contributed by atoms with Crippen molar-refractivity contribution in [1.82, 2.24) is 4.90 Å². The van der Waals surface area contributed by atoms with Crippen molar-refractivity contribution < 1.29 is 4.74 Å². The van der Waals surface area contributed by atoms with Gasteiger partial charge in [0.25, 0.3) is 0 Å². The Morgan fingerprint density at radius 1 is 1.33 bits per heavy atom. The molecule has 4 nitrogen and oxygen atoms in total. The van der Waals surface area contributed by atoms with Crippen LogP contribution in [0, 0.1) is 0 Å². The van der Waals surface area contributed by atoms with Gasteiger partial charge in [-0.15, -0.1) is 24.0 Å². The van der Waals surface area contributed by atoms with Gasteiger partial charge in [-0.25, -0.2) is 0 Å². The van der Waals surface area contributed by atoms with E-state index in [1.165, 1.54) is 25.7 Å². The number of morpholine rings is 1. The zero-order valence-electron chi connectivity index (χ0n) is 10.9. The number of nitrogens with zero attached hydrogens (tertiary/aromatic N) is 2. The fourth-order valence-corrected chi connectivity index (χ4v) is 2.34. The minimum Gasteiger partial charge on any atom is -0.378 e. The van der Waals surface area contributed by atoms with Crippen molar-refractivity contribution in [2.45, 2.75) is 32.1 Å². The molecule has 1 saturated heterocycles. The Labute approximate surface area is 127 Å². The summed E-state index contributed by atoms with van der Waals surface area (Å²) in [5.74, 6) is 0.685. The second-order valence-electron chi connectivity index (χ2n) is 4.70. The molecule has 1 fully saturated rings. The van der Waals surface area contributed by atoms with Gasteiger partial charge >= 0.3 is 0 Å². The summed E-state index contributed by atoms with van der Waals surface area (Å²) in [5, 5.41) is 0. The number of hydrogen-bond donors (Lipinski definition) is 1. The van der Waals surface area contributed by atoms with Crippen LogP contribution >= 0.6 is 24.0 Å². The van der Waals surface area contributed by atoms with Gasteiger partial charge in [-0.3, -0.25) is 4.99 Å². The van der Waals surface area contributed by atoms with Gasteiger partial charge in [0.2, 0.25) is 0 Å². The summed E-state index contributed by atoms with van der Waals surface area (Å²) in [6, 6.07) is 0. The number of nitrogens with two attached hydrogens (primary N) is 1. The molecule has 1 aliphatic carbocycles. The highest BCUT2D eigenvalue weighted by Crippen LogP contribution is 2.19. The molecule has 0 atom stereocenters. The molecule has 0 amide bonds. The van der Waals surface area contributed by atoms with Crippen molar-refractivity contribution >= 4 is 29.9 Å². The lowest BCUT2D eigenvalue weighted by Gasteiger charge is -2.27. The smallest absolute Gasteiger partial charge is 0.191 e. The number of ether oxygens (including phenoxy) is 1. The Hall–Kier alpha value is -0.300. The first kappa shape index (κ1) is 15.8. The Bertz CT molecular complexity index is 299. The SMILES string of the molecule is I.NC(=NCCC1=CCCCC1)N1CCOCC1. The molecular formula is C13H24IN3O. The maximum Gasteiger partial charge on any atom is 0.191 e. The van der Waals surface area contributed by atoms with Gasteiger partial charge < -0.3 is 15.4 Å². The van der Waals surface area contributed by atoms with E-state index in [-0.39, 0.29) is 24.0 Å². The van der Waals surface area contributed by atoms with Crippen LogP contribution in [0.15, 0.2) is 16.6 Å². The molecule has 0 saturated carbocycles. The molecule has 0 bridgehead atoms. The maximum atomic E-state index is 5.96. The third-order valence-corrected chi connectivity index (χ3v) is 3.43. The summed E-state index contributed by atoms with van der Waals surface area (Å²) in [4.78, 5) is 6.58. The summed E-state index contributed by atoms with van der Waals surface area (Å²) in [6.07, 6.45) is 8.65. The molecule has 0 aromatic heterocycles. The number of guanidine groups is 1. The number of hydrogen-bond acceptors (Lipinski definition) is 2. The number of allylic oxidation sites excluding steroid dienone is 1. The summed E-state index contributed by atoms with van der Waals surface area (Å²) in [7, 11) is 0. The molecule has 0 aromatic carbocycles. The Kier molecular flexibility index (Phi) is 7.65. The second-order valence-corrected chi connectivity index (χ2v) is 4.70. The molecule has 0 unspecified atom stereocenters. The molecule has 2 N–H and O–H groups in total. The van der Waals surface area contributed by atoms with E-state index in [1.54, 1.807) is 5.57 Å². The van der Waals surface area contributed by atoms with E-state index in [9.17, 15) is 0 Å². The van der Waals surface area contributed by atoms with E-state index in [1.807, 2.05) is 0 Å². The molecular weight excluding hydrogens is 341 g/mol. The number of aliphatic imine (C=N–C) groups is 1. The van der Waals surface area contributed by atoms with Crippen molar-refractivity contribution in [1.29, 1.82) is 0 Å². The fraction of sp³-hybridized carbons (Fsp3) is 0.769. The Morgan fingerprint density at radius 2 is 2.11 bits per heavy atom. The minimum absolute atomic E-state index is 0. The van der Waals surface area contributed by atoms with Gasteiger partial charge in [-0.2, -0.15) is 0 Å². The first-order chi connectivity index (χ1) is 8.36. The monoisotopic (exact) mass is 365 g/mol. The molecule has 0 radical (unpaired) electrons. The van der Waals surface area contributed by atoms with Gasteiger partial charge in [0.05, 0.1) is 13.2 Å². The second kappa shape index (κ2) is 8.74. The van der Waals surface area contributed by atoms with Gasteiger partial charge in [-0.1, -0.05) is 11.6 Å². The molecule has 2 rings (SSSR count). The van der Waals surface area contributed by atoms with Crippen molar-refractivity contribution in [3.63, 3.8) is 0 Å². The molecule has 1 aliphatic heterocycles. The highest BCUT2D eigenvalue weighted by molar-refractivity contribution is 14.0. The number of halogens is 1. The summed E-state index contributed by atoms with van der Waals surface area (Å²) < 4.78 is 5.29. The zero-order chi connectivity index (χ0) is 11.9. The summed E-state index contributed by atoms with van der Waals surface area (Å²) >= 11 is 0. The quantitative estimate of drug-likeness (QED) is 0.361. The molecule has 0 aromatic rings. The van der Waals surface area contributed by atoms with E-state index in [2.05, 4.69) is 16.0 Å². The largest absolute Gasteiger partial charge is 0.378 e. The highest BCUT2D eigenvalue weighted by atomic mass is 127. The third-order valence-electron chi connectivity index (χ3n) is 3.43. The lowest BCUT2D eigenvalue weighted by molar-refractivity contribution is 0.0674.